The molecule has 0 bridgehead atoms. The molecule has 3 aromatic carbocycles. The van der Waals surface area contributed by atoms with Gasteiger partial charge in [-0.2, -0.15) is 0 Å². The molecule has 0 saturated carbocycles. The van der Waals surface area contributed by atoms with E-state index < -0.39 is 15.8 Å². The van der Waals surface area contributed by atoms with Gasteiger partial charge in [0.15, 0.2) is 6.61 Å². The van der Waals surface area contributed by atoms with Crippen molar-refractivity contribution in [2.24, 2.45) is 0 Å². The molecule has 1 aromatic heterocycles. The van der Waals surface area contributed by atoms with Crippen LogP contribution in [-0.4, -0.2) is 40.1 Å². The Bertz CT molecular complexity index is 1610. The minimum Gasteiger partial charge on any atom is -0.497 e. The van der Waals surface area contributed by atoms with Gasteiger partial charge in [0.1, 0.15) is 23.0 Å². The Morgan fingerprint density at radius 1 is 0.947 bits per heavy atom. The number of sulfonamides is 1. The van der Waals surface area contributed by atoms with Crippen LogP contribution in [0.4, 0.5) is 21.5 Å². The fraction of sp³-hybridized carbons (Fsp3) is 0.111. The molecule has 0 spiro atoms. The predicted molar refractivity (Wildman–Crippen MR) is 139 cm³/mol. The number of carbonyl (C=O) groups is 1. The Balaban J connectivity index is 1.53. The zero-order chi connectivity index (χ0) is 26.9. The normalized spacial score (nSPS) is 12.9. The number of nitrogens with zero attached hydrogens (tertiary/aromatic N) is 2. The van der Waals surface area contributed by atoms with Gasteiger partial charge in [-0.1, -0.05) is 6.07 Å². The maximum atomic E-state index is 13.3. The summed E-state index contributed by atoms with van der Waals surface area (Å²) in [6.45, 7) is -0.113. The molecule has 1 aliphatic heterocycles. The summed E-state index contributed by atoms with van der Waals surface area (Å²) in [6.07, 6.45) is 1.53. The lowest BCUT2D eigenvalue weighted by atomic mass is 10.0. The molecule has 4 aromatic rings. The van der Waals surface area contributed by atoms with Crippen molar-refractivity contribution < 1.29 is 31.8 Å². The average Bonchev–Trinajstić information content (AvgIpc) is 2.93. The molecule has 5 rings (SSSR count). The highest BCUT2D eigenvalue weighted by molar-refractivity contribution is 7.92. The molecular weight excluding hydrogens is 513 g/mol. The van der Waals surface area contributed by atoms with Crippen LogP contribution in [0, 0.1) is 5.82 Å². The third kappa shape index (κ3) is 4.83. The van der Waals surface area contributed by atoms with E-state index in [-0.39, 0.29) is 29.0 Å². The number of pyridine rings is 1. The third-order valence-electron chi connectivity index (χ3n) is 5.88. The van der Waals surface area contributed by atoms with Crippen LogP contribution in [0.5, 0.6) is 17.4 Å². The van der Waals surface area contributed by atoms with E-state index in [2.05, 4.69) is 9.71 Å². The first-order valence-corrected chi connectivity index (χ1v) is 12.8. The highest BCUT2D eigenvalue weighted by Crippen LogP contribution is 2.41. The number of hydrogen-bond donors (Lipinski definition) is 1. The number of hydrogen-bond acceptors (Lipinski definition) is 7. The van der Waals surface area contributed by atoms with Crippen LogP contribution < -0.4 is 23.8 Å². The summed E-state index contributed by atoms with van der Waals surface area (Å²) in [5.74, 6) is 0.422. The van der Waals surface area contributed by atoms with Crippen molar-refractivity contribution in [2.75, 3.05) is 30.4 Å². The Morgan fingerprint density at radius 2 is 1.68 bits per heavy atom. The number of ether oxygens (including phenoxy) is 3. The Hall–Kier alpha value is -4.64. The monoisotopic (exact) mass is 535 g/mol. The van der Waals surface area contributed by atoms with Crippen molar-refractivity contribution in [2.45, 2.75) is 4.90 Å². The molecule has 0 saturated heterocycles. The zero-order valence-electron chi connectivity index (χ0n) is 20.3. The van der Waals surface area contributed by atoms with Crippen molar-refractivity contribution in [3.05, 3.63) is 84.8 Å². The Labute approximate surface area is 218 Å². The number of halogens is 1. The van der Waals surface area contributed by atoms with Gasteiger partial charge < -0.3 is 14.2 Å². The van der Waals surface area contributed by atoms with E-state index in [1.807, 2.05) is 0 Å². The lowest BCUT2D eigenvalue weighted by Crippen LogP contribution is -2.35. The van der Waals surface area contributed by atoms with Gasteiger partial charge in [0.25, 0.3) is 15.9 Å². The van der Waals surface area contributed by atoms with Crippen LogP contribution in [0.1, 0.15) is 0 Å². The summed E-state index contributed by atoms with van der Waals surface area (Å²) in [6, 6.07) is 18.4. The fourth-order valence-electron chi connectivity index (χ4n) is 4.01. The maximum Gasteiger partial charge on any atom is 0.269 e. The van der Waals surface area contributed by atoms with Crippen LogP contribution in [0.2, 0.25) is 0 Å². The number of methoxy groups -OCH3 is 2. The molecule has 2 heterocycles. The van der Waals surface area contributed by atoms with E-state index in [4.69, 9.17) is 14.2 Å². The number of anilines is 3. The lowest BCUT2D eigenvalue weighted by molar-refractivity contribution is -0.120. The van der Waals surface area contributed by atoms with Gasteiger partial charge in [0.2, 0.25) is 5.88 Å². The average molecular weight is 536 g/mol. The number of carbonyl (C=O) groups excluding carboxylic acids is 1. The van der Waals surface area contributed by atoms with Crippen LogP contribution in [0.15, 0.2) is 83.9 Å². The molecule has 1 amide bonds. The van der Waals surface area contributed by atoms with Crippen molar-refractivity contribution in [1.29, 1.82) is 0 Å². The van der Waals surface area contributed by atoms with Crippen molar-refractivity contribution in [1.82, 2.24) is 4.98 Å². The van der Waals surface area contributed by atoms with E-state index >= 15 is 0 Å². The molecule has 38 heavy (non-hydrogen) atoms. The van der Waals surface area contributed by atoms with E-state index in [0.717, 1.165) is 24.3 Å². The first-order valence-electron chi connectivity index (χ1n) is 11.4. The second-order valence-corrected chi connectivity index (χ2v) is 9.92. The van der Waals surface area contributed by atoms with Gasteiger partial charge in [-0.05, 0) is 72.3 Å². The molecular formula is C27H22FN3O6S. The molecule has 0 atom stereocenters. The summed E-state index contributed by atoms with van der Waals surface area (Å²) in [5.41, 5.74) is 2.45. The largest absolute Gasteiger partial charge is 0.497 e. The van der Waals surface area contributed by atoms with Gasteiger partial charge in [0.05, 0.1) is 24.8 Å². The standard InChI is InChI=1S/C27H22FN3O6S/c1-35-21-8-6-20(7-9-21)31-24-14-17(3-12-25(24)37-16-26(31)32)18-13-23(27(36-2)29-15-18)30-38(33,34)22-10-4-19(28)5-11-22/h3-15,30H,16H2,1-2H3. The van der Waals surface area contributed by atoms with E-state index in [0.29, 0.717) is 34.0 Å². The number of nitrogens with one attached hydrogen (secondary N) is 1. The topological polar surface area (TPSA) is 107 Å². The maximum absolute atomic E-state index is 13.3. The summed E-state index contributed by atoms with van der Waals surface area (Å²) >= 11 is 0. The predicted octanol–water partition coefficient (Wildman–Crippen LogP) is 4.76. The Morgan fingerprint density at radius 3 is 2.37 bits per heavy atom. The van der Waals surface area contributed by atoms with Crippen LogP contribution in [0.25, 0.3) is 11.1 Å². The van der Waals surface area contributed by atoms with E-state index in [1.54, 1.807) is 60.5 Å². The molecule has 1 aliphatic rings. The number of amides is 1. The van der Waals surface area contributed by atoms with Crippen molar-refractivity contribution in [3.63, 3.8) is 0 Å². The van der Waals surface area contributed by atoms with Gasteiger partial charge in [-0.3, -0.25) is 14.4 Å². The van der Waals surface area contributed by atoms with Crippen molar-refractivity contribution in [3.8, 4) is 28.5 Å². The number of benzene rings is 3. The van der Waals surface area contributed by atoms with E-state index in [1.165, 1.54) is 13.3 Å². The molecule has 0 radical (unpaired) electrons. The molecule has 194 valence electrons. The van der Waals surface area contributed by atoms with E-state index in [9.17, 15) is 17.6 Å². The summed E-state index contributed by atoms with van der Waals surface area (Å²) in [5, 5.41) is 0. The molecule has 0 fully saturated rings. The van der Waals surface area contributed by atoms with Gasteiger partial charge in [-0.25, -0.2) is 17.8 Å². The van der Waals surface area contributed by atoms with Crippen LogP contribution in [-0.2, 0) is 14.8 Å². The number of fused-ring (bicyclic) bond motifs is 1. The molecule has 1 N–H and O–H groups in total. The fourth-order valence-corrected chi connectivity index (χ4v) is 5.06. The van der Waals surface area contributed by atoms with Gasteiger partial charge >= 0.3 is 0 Å². The van der Waals surface area contributed by atoms with Crippen LogP contribution >= 0.6 is 0 Å². The molecule has 0 aliphatic carbocycles. The van der Waals surface area contributed by atoms with Crippen molar-refractivity contribution >= 4 is 33.0 Å². The quantitative estimate of drug-likeness (QED) is 0.364. The van der Waals surface area contributed by atoms with Gasteiger partial charge in [-0.15, -0.1) is 0 Å². The second kappa shape index (κ2) is 10.0. The summed E-state index contributed by atoms with van der Waals surface area (Å²) in [4.78, 5) is 18.5. The molecule has 11 heteroatoms. The lowest BCUT2D eigenvalue weighted by Gasteiger charge is -2.30. The Kier molecular flexibility index (Phi) is 6.60. The zero-order valence-corrected chi connectivity index (χ0v) is 21.2. The van der Waals surface area contributed by atoms with Gasteiger partial charge in [0, 0.05) is 17.4 Å². The summed E-state index contributed by atoms with van der Waals surface area (Å²) < 4.78 is 57.7. The smallest absolute Gasteiger partial charge is 0.269 e. The SMILES string of the molecule is COc1ccc(N2C(=O)COc3ccc(-c4cnc(OC)c(NS(=O)(=O)c5ccc(F)cc5)c4)cc32)cc1. The number of rotatable bonds is 7. The second-order valence-electron chi connectivity index (χ2n) is 8.24. The molecule has 9 nitrogen and oxygen atoms in total. The summed E-state index contributed by atoms with van der Waals surface area (Å²) in [7, 11) is -1.12. The first-order chi connectivity index (χ1) is 18.3. The highest BCUT2D eigenvalue weighted by atomic mass is 32.2. The molecule has 0 unspecified atom stereocenters. The van der Waals surface area contributed by atoms with Crippen LogP contribution in [0.3, 0.4) is 0 Å². The minimum absolute atomic E-state index is 0.0516. The third-order valence-corrected chi connectivity index (χ3v) is 7.26. The first kappa shape index (κ1) is 25.0. The highest BCUT2D eigenvalue weighted by Gasteiger charge is 2.28. The minimum atomic E-state index is -4.05. The number of aromatic nitrogens is 1.